The zero-order valence-corrected chi connectivity index (χ0v) is 19.0. The molecule has 0 bridgehead atoms. The van der Waals surface area contributed by atoms with Crippen LogP contribution in [0.3, 0.4) is 0 Å². The van der Waals surface area contributed by atoms with Gasteiger partial charge in [-0.1, -0.05) is 65.1 Å². The van der Waals surface area contributed by atoms with Gasteiger partial charge in [0.15, 0.2) is 6.61 Å². The van der Waals surface area contributed by atoms with Gasteiger partial charge in [-0.05, 0) is 30.3 Å². The molecular weight excluding hydrogens is 475 g/mol. The monoisotopic (exact) mass is 488 g/mol. The number of rotatable bonds is 6. The summed E-state index contributed by atoms with van der Waals surface area (Å²) < 4.78 is 5.48. The average molecular weight is 490 g/mol. The van der Waals surface area contributed by atoms with E-state index in [0.717, 1.165) is 21.8 Å². The average Bonchev–Trinajstić information content (AvgIpc) is 3.25. The first-order valence-electron chi connectivity index (χ1n) is 9.18. The molecule has 0 aliphatic carbocycles. The van der Waals surface area contributed by atoms with Crippen LogP contribution < -0.4 is 10.1 Å². The Balaban J connectivity index is 1.44. The Bertz CT molecular complexity index is 1240. The number of ether oxygens (including phenoxy) is 1. The third-order valence-corrected chi connectivity index (χ3v) is 6.06. The van der Waals surface area contributed by atoms with Crippen molar-refractivity contribution in [2.24, 2.45) is 0 Å². The first-order chi connectivity index (χ1) is 15.0. The molecule has 4 aromatic rings. The highest BCUT2D eigenvalue weighted by molar-refractivity contribution is 7.13. The Labute approximate surface area is 198 Å². The summed E-state index contributed by atoms with van der Waals surface area (Å²) in [6.45, 7) is -0.197. The highest BCUT2D eigenvalue weighted by Crippen LogP contribution is 2.33. The maximum atomic E-state index is 12.3. The van der Waals surface area contributed by atoms with Crippen molar-refractivity contribution in [3.8, 4) is 27.6 Å². The fourth-order valence-corrected chi connectivity index (χ4v) is 4.33. The molecule has 31 heavy (non-hydrogen) atoms. The smallest absolute Gasteiger partial charge is 0.262 e. The summed E-state index contributed by atoms with van der Waals surface area (Å²) in [6, 6.07) is 19.9. The number of anilines is 1. The maximum absolute atomic E-state index is 12.3. The summed E-state index contributed by atoms with van der Waals surface area (Å²) in [5, 5.41) is 7.14. The van der Waals surface area contributed by atoms with Gasteiger partial charge in [0.05, 0.1) is 15.7 Å². The van der Waals surface area contributed by atoms with Crippen molar-refractivity contribution >= 4 is 57.7 Å². The summed E-state index contributed by atoms with van der Waals surface area (Å²) in [7, 11) is 0. The topological polar surface area (TPSA) is 51.2 Å². The molecule has 4 rings (SSSR count). The van der Waals surface area contributed by atoms with Gasteiger partial charge in [-0.2, -0.15) is 0 Å². The minimum absolute atomic E-state index is 0.197. The number of thiazole rings is 1. The molecule has 0 aliphatic rings. The largest absolute Gasteiger partial charge is 0.482 e. The number of hydrogen-bond donors (Lipinski definition) is 1. The standard InChI is InChI=1S/C23H15Cl3N2O2S/c24-15-8-9-19(26)21(11-15)30-12-22(29)27-16-5-3-4-14(10-16)20-13-31-23(28-20)17-6-1-2-7-18(17)25/h1-11,13H,12H2,(H,27,29). The van der Waals surface area contributed by atoms with Crippen LogP contribution >= 0.6 is 46.1 Å². The van der Waals surface area contributed by atoms with E-state index in [1.54, 1.807) is 24.3 Å². The predicted octanol–water partition coefficient (Wildman–Crippen LogP) is 7.45. The Hall–Kier alpha value is -2.57. The number of amides is 1. The second-order valence-electron chi connectivity index (χ2n) is 6.51. The summed E-state index contributed by atoms with van der Waals surface area (Å²) in [5.41, 5.74) is 3.21. The van der Waals surface area contributed by atoms with E-state index in [9.17, 15) is 4.79 Å². The minimum atomic E-state index is -0.316. The molecule has 0 spiro atoms. The summed E-state index contributed by atoms with van der Waals surface area (Å²) in [6.07, 6.45) is 0. The predicted molar refractivity (Wildman–Crippen MR) is 129 cm³/mol. The van der Waals surface area contributed by atoms with E-state index < -0.39 is 0 Å². The second-order valence-corrected chi connectivity index (χ2v) is 8.62. The van der Waals surface area contributed by atoms with Gasteiger partial charge in [0.25, 0.3) is 5.91 Å². The third kappa shape index (κ3) is 5.38. The van der Waals surface area contributed by atoms with E-state index in [2.05, 4.69) is 5.32 Å². The quantitative estimate of drug-likeness (QED) is 0.306. The number of nitrogens with zero attached hydrogens (tertiary/aromatic N) is 1. The SMILES string of the molecule is O=C(COc1cc(Cl)ccc1Cl)Nc1cccc(-c2csc(-c3ccccc3Cl)n2)c1. The van der Waals surface area contributed by atoms with Crippen LogP contribution in [0.25, 0.3) is 21.8 Å². The Morgan fingerprint density at radius 3 is 2.65 bits per heavy atom. The van der Waals surface area contributed by atoms with Crippen molar-refractivity contribution in [1.82, 2.24) is 4.98 Å². The lowest BCUT2D eigenvalue weighted by atomic mass is 10.1. The lowest BCUT2D eigenvalue weighted by Crippen LogP contribution is -2.20. The molecule has 0 atom stereocenters. The Morgan fingerprint density at radius 2 is 1.81 bits per heavy atom. The number of nitrogens with one attached hydrogen (secondary N) is 1. The number of carbonyl (C=O) groups excluding carboxylic acids is 1. The number of benzene rings is 3. The van der Waals surface area contributed by atoms with E-state index >= 15 is 0 Å². The lowest BCUT2D eigenvalue weighted by Gasteiger charge is -2.10. The molecule has 0 saturated carbocycles. The van der Waals surface area contributed by atoms with Gasteiger partial charge in [-0.25, -0.2) is 4.98 Å². The number of carbonyl (C=O) groups is 1. The van der Waals surface area contributed by atoms with Crippen LogP contribution in [0.5, 0.6) is 5.75 Å². The van der Waals surface area contributed by atoms with E-state index in [1.807, 2.05) is 47.8 Å². The van der Waals surface area contributed by atoms with Gasteiger partial charge in [0.2, 0.25) is 0 Å². The van der Waals surface area contributed by atoms with E-state index in [-0.39, 0.29) is 12.5 Å². The molecule has 1 heterocycles. The highest BCUT2D eigenvalue weighted by atomic mass is 35.5. The normalized spacial score (nSPS) is 10.7. The summed E-state index contributed by atoms with van der Waals surface area (Å²) in [5.74, 6) is 0.0378. The molecule has 156 valence electrons. The molecule has 1 amide bonds. The van der Waals surface area contributed by atoms with Crippen molar-refractivity contribution in [1.29, 1.82) is 0 Å². The summed E-state index contributed by atoms with van der Waals surface area (Å²) >= 11 is 19.8. The van der Waals surface area contributed by atoms with E-state index in [1.165, 1.54) is 11.3 Å². The molecule has 1 N–H and O–H groups in total. The Kier molecular flexibility index (Phi) is 6.78. The first-order valence-corrected chi connectivity index (χ1v) is 11.2. The zero-order chi connectivity index (χ0) is 21.8. The molecule has 8 heteroatoms. The molecule has 0 unspecified atom stereocenters. The molecule has 0 fully saturated rings. The van der Waals surface area contributed by atoms with Crippen LogP contribution in [0.2, 0.25) is 15.1 Å². The van der Waals surface area contributed by atoms with Gasteiger partial charge < -0.3 is 10.1 Å². The van der Waals surface area contributed by atoms with Crippen LogP contribution in [0.15, 0.2) is 72.1 Å². The van der Waals surface area contributed by atoms with Crippen LogP contribution in [-0.2, 0) is 4.79 Å². The van der Waals surface area contributed by atoms with Gasteiger partial charge in [-0.15, -0.1) is 11.3 Å². The lowest BCUT2D eigenvalue weighted by molar-refractivity contribution is -0.118. The molecule has 0 radical (unpaired) electrons. The van der Waals surface area contributed by atoms with Crippen molar-refractivity contribution < 1.29 is 9.53 Å². The minimum Gasteiger partial charge on any atom is -0.482 e. The maximum Gasteiger partial charge on any atom is 0.262 e. The van der Waals surface area contributed by atoms with Gasteiger partial charge >= 0.3 is 0 Å². The number of hydrogen-bond acceptors (Lipinski definition) is 4. The fraction of sp³-hybridized carbons (Fsp3) is 0.0435. The van der Waals surface area contributed by atoms with Gasteiger partial charge in [0, 0.05) is 33.3 Å². The van der Waals surface area contributed by atoms with E-state index in [0.29, 0.717) is 26.5 Å². The molecular formula is C23H15Cl3N2O2S. The third-order valence-electron chi connectivity index (χ3n) is 4.30. The van der Waals surface area contributed by atoms with Crippen molar-refractivity contribution in [2.75, 3.05) is 11.9 Å². The highest BCUT2D eigenvalue weighted by Gasteiger charge is 2.11. The van der Waals surface area contributed by atoms with Gasteiger partial charge in [-0.3, -0.25) is 4.79 Å². The van der Waals surface area contributed by atoms with Crippen molar-refractivity contribution in [3.05, 3.63) is 87.2 Å². The number of halogens is 3. The van der Waals surface area contributed by atoms with Crippen LogP contribution in [0.4, 0.5) is 5.69 Å². The molecule has 0 aliphatic heterocycles. The van der Waals surface area contributed by atoms with Gasteiger partial charge in [0.1, 0.15) is 10.8 Å². The second kappa shape index (κ2) is 9.71. The molecule has 3 aromatic carbocycles. The number of aromatic nitrogens is 1. The molecule has 4 nitrogen and oxygen atoms in total. The first kappa shape index (κ1) is 21.7. The van der Waals surface area contributed by atoms with E-state index in [4.69, 9.17) is 44.5 Å². The van der Waals surface area contributed by atoms with Crippen LogP contribution in [0, 0.1) is 0 Å². The van der Waals surface area contributed by atoms with Crippen LogP contribution in [-0.4, -0.2) is 17.5 Å². The van der Waals surface area contributed by atoms with Crippen LogP contribution in [0.1, 0.15) is 0 Å². The zero-order valence-electron chi connectivity index (χ0n) is 15.9. The fourth-order valence-electron chi connectivity index (χ4n) is 2.85. The molecule has 0 saturated heterocycles. The molecule has 1 aromatic heterocycles. The summed E-state index contributed by atoms with van der Waals surface area (Å²) in [4.78, 5) is 17.0. The van der Waals surface area contributed by atoms with Crippen molar-refractivity contribution in [3.63, 3.8) is 0 Å². The Morgan fingerprint density at radius 1 is 0.968 bits per heavy atom. The van der Waals surface area contributed by atoms with Crippen molar-refractivity contribution in [2.45, 2.75) is 0 Å².